The molecule has 2 aromatic rings. The predicted molar refractivity (Wildman–Crippen MR) is 87.5 cm³/mol. The first kappa shape index (κ1) is 15.8. The molecule has 1 unspecified atom stereocenters. The van der Waals surface area contributed by atoms with E-state index >= 15 is 0 Å². The van der Waals surface area contributed by atoms with Gasteiger partial charge in [0.1, 0.15) is 0 Å². The maximum atomic E-state index is 4.72. The number of rotatable bonds is 8. The SMILES string of the molecule is CCNC(C)c1ccn(Cc2ccn(C(CC)CC)n2)c1. The molecule has 0 aliphatic rings. The zero-order valence-electron chi connectivity index (χ0n) is 13.7. The number of hydrogen-bond acceptors (Lipinski definition) is 2. The van der Waals surface area contributed by atoms with E-state index in [4.69, 9.17) is 5.10 Å². The molecule has 0 fully saturated rings. The van der Waals surface area contributed by atoms with Crippen molar-refractivity contribution in [3.63, 3.8) is 0 Å². The lowest BCUT2D eigenvalue weighted by Crippen LogP contribution is -2.17. The normalized spacial score (nSPS) is 13.0. The summed E-state index contributed by atoms with van der Waals surface area (Å²) < 4.78 is 4.32. The molecule has 0 aromatic carbocycles. The van der Waals surface area contributed by atoms with E-state index in [9.17, 15) is 0 Å². The van der Waals surface area contributed by atoms with Gasteiger partial charge in [0, 0.05) is 24.6 Å². The molecule has 1 atom stereocenters. The monoisotopic (exact) mass is 288 g/mol. The van der Waals surface area contributed by atoms with Crippen molar-refractivity contribution in [1.82, 2.24) is 19.7 Å². The molecule has 0 bridgehead atoms. The average molecular weight is 288 g/mol. The maximum Gasteiger partial charge on any atom is 0.0821 e. The van der Waals surface area contributed by atoms with Crippen LogP contribution in [-0.2, 0) is 6.54 Å². The third kappa shape index (κ3) is 3.97. The summed E-state index contributed by atoms with van der Waals surface area (Å²) in [5.41, 5.74) is 2.46. The van der Waals surface area contributed by atoms with Crippen molar-refractivity contribution in [2.45, 2.75) is 59.2 Å². The van der Waals surface area contributed by atoms with Crippen LogP contribution < -0.4 is 5.32 Å². The van der Waals surface area contributed by atoms with Gasteiger partial charge in [-0.1, -0.05) is 20.8 Å². The van der Waals surface area contributed by atoms with Crippen LogP contribution in [0.1, 0.15) is 63.9 Å². The Labute approximate surface area is 128 Å². The minimum atomic E-state index is 0.401. The Morgan fingerprint density at radius 1 is 1.14 bits per heavy atom. The standard InChI is InChI=1S/C17H28N4/c1-5-17(6-2)21-11-9-16(19-21)13-20-10-8-15(12-20)14(4)18-7-3/h8-12,14,17-18H,5-7,13H2,1-4H3. The van der Waals surface area contributed by atoms with Gasteiger partial charge in [0.25, 0.3) is 0 Å². The van der Waals surface area contributed by atoms with Gasteiger partial charge in [0.2, 0.25) is 0 Å². The quantitative estimate of drug-likeness (QED) is 0.802. The Kier molecular flexibility index (Phi) is 5.62. The summed E-state index contributed by atoms with van der Waals surface area (Å²) in [6.07, 6.45) is 8.72. The lowest BCUT2D eigenvalue weighted by Gasteiger charge is -2.12. The number of aromatic nitrogens is 3. The molecule has 2 aromatic heterocycles. The van der Waals surface area contributed by atoms with Crippen LogP contribution in [0.15, 0.2) is 30.7 Å². The van der Waals surface area contributed by atoms with E-state index in [-0.39, 0.29) is 0 Å². The van der Waals surface area contributed by atoms with Gasteiger partial charge >= 0.3 is 0 Å². The molecule has 4 nitrogen and oxygen atoms in total. The summed E-state index contributed by atoms with van der Waals surface area (Å²) in [6.45, 7) is 10.6. The van der Waals surface area contributed by atoms with E-state index in [0.717, 1.165) is 31.6 Å². The van der Waals surface area contributed by atoms with Gasteiger partial charge in [0.15, 0.2) is 0 Å². The highest BCUT2D eigenvalue weighted by Gasteiger charge is 2.09. The van der Waals surface area contributed by atoms with Crippen LogP contribution in [0.25, 0.3) is 0 Å². The Morgan fingerprint density at radius 2 is 1.90 bits per heavy atom. The summed E-state index contributed by atoms with van der Waals surface area (Å²) in [6, 6.07) is 5.24. The fourth-order valence-electron chi connectivity index (χ4n) is 2.75. The lowest BCUT2D eigenvalue weighted by molar-refractivity contribution is 0.424. The van der Waals surface area contributed by atoms with E-state index in [2.05, 4.69) is 73.0 Å². The first-order chi connectivity index (χ1) is 10.2. The van der Waals surface area contributed by atoms with Crippen LogP contribution in [0.5, 0.6) is 0 Å². The van der Waals surface area contributed by atoms with Crippen molar-refractivity contribution in [1.29, 1.82) is 0 Å². The van der Waals surface area contributed by atoms with Gasteiger partial charge in [-0.25, -0.2) is 0 Å². The third-order valence-corrected chi connectivity index (χ3v) is 4.11. The van der Waals surface area contributed by atoms with Crippen LogP contribution in [0, 0.1) is 0 Å². The summed E-state index contributed by atoms with van der Waals surface area (Å²) in [5.74, 6) is 0. The van der Waals surface area contributed by atoms with Crippen molar-refractivity contribution >= 4 is 0 Å². The second kappa shape index (κ2) is 7.46. The molecule has 0 spiro atoms. The molecule has 21 heavy (non-hydrogen) atoms. The van der Waals surface area contributed by atoms with Crippen LogP contribution in [0.4, 0.5) is 0 Å². The zero-order valence-corrected chi connectivity index (χ0v) is 13.7. The molecule has 0 aliphatic heterocycles. The van der Waals surface area contributed by atoms with Crippen LogP contribution in [-0.4, -0.2) is 20.9 Å². The Bertz CT molecular complexity index is 536. The minimum absolute atomic E-state index is 0.401. The molecular formula is C17H28N4. The zero-order chi connectivity index (χ0) is 15.2. The summed E-state index contributed by atoms with van der Waals surface area (Å²) in [5, 5.41) is 8.16. The molecule has 116 valence electrons. The van der Waals surface area contributed by atoms with Gasteiger partial charge in [-0.3, -0.25) is 4.68 Å². The fraction of sp³-hybridized carbons (Fsp3) is 0.588. The maximum absolute atomic E-state index is 4.72. The second-order valence-electron chi connectivity index (χ2n) is 5.65. The highest BCUT2D eigenvalue weighted by atomic mass is 15.3. The van der Waals surface area contributed by atoms with Crippen LogP contribution >= 0.6 is 0 Å². The molecule has 0 aliphatic carbocycles. The second-order valence-corrected chi connectivity index (χ2v) is 5.65. The molecule has 1 N–H and O–H groups in total. The molecule has 0 radical (unpaired) electrons. The predicted octanol–water partition coefficient (Wildman–Crippen LogP) is 3.76. The van der Waals surface area contributed by atoms with E-state index in [1.54, 1.807) is 0 Å². The van der Waals surface area contributed by atoms with Gasteiger partial charge in [0.05, 0.1) is 18.3 Å². The van der Waals surface area contributed by atoms with Crippen LogP contribution in [0.2, 0.25) is 0 Å². The van der Waals surface area contributed by atoms with E-state index < -0.39 is 0 Å². The first-order valence-corrected chi connectivity index (χ1v) is 8.10. The molecule has 4 heteroatoms. The smallest absolute Gasteiger partial charge is 0.0821 e. The van der Waals surface area contributed by atoms with Gasteiger partial charge < -0.3 is 9.88 Å². The topological polar surface area (TPSA) is 34.8 Å². The van der Waals surface area contributed by atoms with Crippen molar-refractivity contribution in [2.75, 3.05) is 6.54 Å². The molecule has 0 saturated carbocycles. The van der Waals surface area contributed by atoms with Gasteiger partial charge in [-0.15, -0.1) is 0 Å². The van der Waals surface area contributed by atoms with E-state index in [1.165, 1.54) is 5.56 Å². The van der Waals surface area contributed by atoms with Gasteiger partial charge in [-0.05, 0) is 44.0 Å². The van der Waals surface area contributed by atoms with E-state index in [1.807, 2.05) is 0 Å². The average Bonchev–Trinajstić information content (AvgIpc) is 3.11. The van der Waals surface area contributed by atoms with Crippen molar-refractivity contribution < 1.29 is 0 Å². The fourth-order valence-corrected chi connectivity index (χ4v) is 2.75. The third-order valence-electron chi connectivity index (χ3n) is 4.11. The number of nitrogens with zero attached hydrogens (tertiary/aromatic N) is 3. The highest BCUT2D eigenvalue weighted by Crippen LogP contribution is 2.16. The number of nitrogens with one attached hydrogen (secondary N) is 1. The van der Waals surface area contributed by atoms with Gasteiger partial charge in [-0.2, -0.15) is 5.10 Å². The molecular weight excluding hydrogens is 260 g/mol. The summed E-state index contributed by atoms with van der Waals surface area (Å²) >= 11 is 0. The Hall–Kier alpha value is -1.55. The Morgan fingerprint density at radius 3 is 2.57 bits per heavy atom. The molecule has 0 amide bonds. The van der Waals surface area contributed by atoms with E-state index in [0.29, 0.717) is 12.1 Å². The first-order valence-electron chi connectivity index (χ1n) is 8.10. The summed E-state index contributed by atoms with van der Waals surface area (Å²) in [7, 11) is 0. The van der Waals surface area contributed by atoms with Crippen LogP contribution in [0.3, 0.4) is 0 Å². The molecule has 2 heterocycles. The largest absolute Gasteiger partial charge is 0.348 e. The van der Waals surface area contributed by atoms with Crippen molar-refractivity contribution in [2.24, 2.45) is 0 Å². The number of hydrogen-bond donors (Lipinski definition) is 1. The van der Waals surface area contributed by atoms with Crippen molar-refractivity contribution in [3.05, 3.63) is 42.0 Å². The molecule has 2 rings (SSSR count). The lowest BCUT2D eigenvalue weighted by atomic mass is 10.2. The summed E-state index contributed by atoms with van der Waals surface area (Å²) in [4.78, 5) is 0. The minimum Gasteiger partial charge on any atom is -0.348 e. The highest BCUT2D eigenvalue weighted by molar-refractivity contribution is 5.16. The Balaban J connectivity index is 2.02. The molecule has 0 saturated heterocycles. The van der Waals surface area contributed by atoms with Crippen molar-refractivity contribution in [3.8, 4) is 0 Å².